The highest BCUT2D eigenvalue weighted by molar-refractivity contribution is 14.1. The zero-order valence-corrected chi connectivity index (χ0v) is 16.3. The van der Waals surface area contributed by atoms with E-state index in [-0.39, 0.29) is 22.6 Å². The first-order chi connectivity index (χ1) is 12.9. The van der Waals surface area contributed by atoms with Gasteiger partial charge in [-0.05, 0) is 52.9 Å². The van der Waals surface area contributed by atoms with E-state index in [1.165, 1.54) is 28.6 Å². The van der Waals surface area contributed by atoms with Crippen LogP contribution in [-0.4, -0.2) is 25.8 Å². The summed E-state index contributed by atoms with van der Waals surface area (Å²) in [5.41, 5.74) is 1.85. The number of carbonyl (C=O) groups excluding carboxylic acids is 1. The molecular weight excluding hydrogens is 489 g/mol. The second-order valence-corrected chi connectivity index (χ2v) is 6.94. The number of hydrogen-bond acceptors (Lipinski definition) is 6. The molecule has 0 fully saturated rings. The predicted octanol–water partition coefficient (Wildman–Crippen LogP) is 3.90. The van der Waals surface area contributed by atoms with Crippen LogP contribution in [0.1, 0.15) is 10.4 Å². The average molecular weight is 500 g/mol. The molecule has 2 aromatic carbocycles. The topological polar surface area (TPSA) is 122 Å². The van der Waals surface area contributed by atoms with Gasteiger partial charge in [0, 0.05) is 22.0 Å². The van der Waals surface area contributed by atoms with Gasteiger partial charge in [-0.25, -0.2) is 10.2 Å². The zero-order chi connectivity index (χ0) is 19.6. The summed E-state index contributed by atoms with van der Waals surface area (Å²) in [5, 5.41) is 27.9. The second kappa shape index (κ2) is 7.90. The number of nitrogens with zero attached hydrogens (tertiary/aromatic N) is 3. The van der Waals surface area contributed by atoms with Gasteiger partial charge < -0.3 is 5.32 Å². The van der Waals surface area contributed by atoms with Gasteiger partial charge in [0.15, 0.2) is 0 Å². The first-order valence-corrected chi connectivity index (χ1v) is 8.85. The maximum Gasteiger partial charge on any atom is 0.295 e. The van der Waals surface area contributed by atoms with Gasteiger partial charge >= 0.3 is 0 Å². The van der Waals surface area contributed by atoms with Gasteiger partial charge in [-0.15, -0.1) is 0 Å². The number of nitro groups is 1. The van der Waals surface area contributed by atoms with Crippen LogP contribution in [0.5, 0.6) is 0 Å². The quantitative estimate of drug-likeness (QED) is 0.212. The van der Waals surface area contributed by atoms with Gasteiger partial charge in [0.25, 0.3) is 11.6 Å². The molecule has 27 heavy (non-hydrogen) atoms. The van der Waals surface area contributed by atoms with Crippen LogP contribution in [0.15, 0.2) is 48.8 Å². The Bertz CT molecular complexity index is 1030. The first-order valence-electron chi connectivity index (χ1n) is 7.39. The number of hydrogen-bond donors (Lipinski definition) is 3. The van der Waals surface area contributed by atoms with Crippen LogP contribution < -0.4 is 10.8 Å². The minimum absolute atomic E-state index is 0.130. The third-order valence-electron chi connectivity index (χ3n) is 3.61. The molecule has 0 aliphatic carbocycles. The molecule has 3 N–H and O–H groups in total. The van der Waals surface area contributed by atoms with Gasteiger partial charge in [-0.3, -0.25) is 20.1 Å². The molecule has 1 aromatic heterocycles. The van der Waals surface area contributed by atoms with E-state index in [1.807, 2.05) is 0 Å². The van der Waals surface area contributed by atoms with Crippen LogP contribution in [0.2, 0.25) is 5.02 Å². The molecule has 0 aliphatic heterocycles. The van der Waals surface area contributed by atoms with E-state index in [1.54, 1.807) is 24.3 Å². The van der Waals surface area contributed by atoms with E-state index in [9.17, 15) is 14.9 Å². The highest BCUT2D eigenvalue weighted by Gasteiger charge is 2.23. The normalized spacial score (nSPS) is 10.5. The monoisotopic (exact) mass is 499 g/mol. The van der Waals surface area contributed by atoms with Crippen LogP contribution in [-0.2, 0) is 0 Å². The van der Waals surface area contributed by atoms with E-state index in [0.717, 1.165) is 9.64 Å². The number of benzene rings is 2. The lowest BCUT2D eigenvalue weighted by molar-refractivity contribution is -0.384. The Morgan fingerprint density at radius 3 is 2.67 bits per heavy atom. The molecule has 11 heteroatoms. The second-order valence-electron chi connectivity index (χ2n) is 5.28. The number of nitrogens with one attached hydrogen (secondary N) is 2. The van der Waals surface area contributed by atoms with E-state index in [4.69, 9.17) is 16.8 Å². The van der Waals surface area contributed by atoms with Crippen molar-refractivity contribution < 1.29 is 14.9 Å². The number of aromatic nitrogens is 2. The zero-order valence-electron chi connectivity index (χ0n) is 13.4. The van der Waals surface area contributed by atoms with Crippen molar-refractivity contribution in [3.05, 3.63) is 73.1 Å². The molecule has 0 aliphatic rings. The molecule has 0 saturated heterocycles. The molecule has 0 atom stereocenters. The largest absolute Gasteiger partial charge is 0.354 e. The molecule has 9 nitrogen and oxygen atoms in total. The van der Waals surface area contributed by atoms with Crippen molar-refractivity contribution >= 4 is 57.2 Å². The molecule has 3 aromatic rings. The van der Waals surface area contributed by atoms with Crippen LogP contribution in [0.3, 0.4) is 0 Å². The molecule has 0 spiro atoms. The number of hydroxylamine groups is 1. The Labute approximate surface area is 171 Å². The van der Waals surface area contributed by atoms with Crippen molar-refractivity contribution in [3.8, 4) is 5.69 Å². The number of anilines is 2. The third-order valence-corrected chi connectivity index (χ3v) is 4.59. The highest BCUT2D eigenvalue weighted by Crippen LogP contribution is 2.34. The van der Waals surface area contributed by atoms with Crippen molar-refractivity contribution in [1.82, 2.24) is 15.3 Å². The van der Waals surface area contributed by atoms with Crippen molar-refractivity contribution in [2.75, 3.05) is 5.32 Å². The lowest BCUT2D eigenvalue weighted by atomic mass is 10.1. The summed E-state index contributed by atoms with van der Waals surface area (Å²) >= 11 is 8.33. The van der Waals surface area contributed by atoms with Gasteiger partial charge in [0.1, 0.15) is 5.69 Å². The van der Waals surface area contributed by atoms with Crippen LogP contribution in [0.4, 0.5) is 17.1 Å². The van der Waals surface area contributed by atoms with E-state index < -0.39 is 10.8 Å². The molecule has 0 saturated carbocycles. The number of halogens is 2. The van der Waals surface area contributed by atoms with E-state index in [0.29, 0.717) is 10.7 Å². The Kier molecular flexibility index (Phi) is 5.58. The Morgan fingerprint density at radius 1 is 1.30 bits per heavy atom. The maximum absolute atomic E-state index is 12.1. The lowest BCUT2D eigenvalue weighted by Gasteiger charge is -2.14. The summed E-state index contributed by atoms with van der Waals surface area (Å²) in [6.07, 6.45) is 3.01. The van der Waals surface area contributed by atoms with Crippen molar-refractivity contribution in [3.63, 3.8) is 0 Å². The highest BCUT2D eigenvalue weighted by atomic mass is 127. The third kappa shape index (κ3) is 4.02. The summed E-state index contributed by atoms with van der Waals surface area (Å²) in [4.78, 5) is 22.9. The van der Waals surface area contributed by atoms with Crippen LogP contribution >= 0.6 is 34.2 Å². The SMILES string of the molecule is O=C(NO)c1cc([N+](=O)[O-])c(-n2cccn2)cc1Nc1ccc(I)cc1Cl. The lowest BCUT2D eigenvalue weighted by Crippen LogP contribution is -2.20. The summed E-state index contributed by atoms with van der Waals surface area (Å²) < 4.78 is 2.22. The van der Waals surface area contributed by atoms with E-state index in [2.05, 4.69) is 33.0 Å². The number of carbonyl (C=O) groups is 1. The fraction of sp³-hybridized carbons (Fsp3) is 0. The molecule has 0 radical (unpaired) electrons. The van der Waals surface area contributed by atoms with Crippen molar-refractivity contribution in [1.29, 1.82) is 0 Å². The van der Waals surface area contributed by atoms with Crippen LogP contribution in [0.25, 0.3) is 5.69 Å². The van der Waals surface area contributed by atoms with Gasteiger partial charge in [0.05, 0.1) is 26.9 Å². The number of amides is 1. The van der Waals surface area contributed by atoms with Gasteiger partial charge in [-0.2, -0.15) is 5.10 Å². The van der Waals surface area contributed by atoms with Crippen LogP contribution in [0, 0.1) is 13.7 Å². The summed E-state index contributed by atoms with van der Waals surface area (Å²) in [6, 6.07) is 9.30. The number of nitro benzene ring substituents is 1. The standard InChI is InChI=1S/C16H11ClIN5O4/c17-11-6-9(18)2-3-12(11)20-13-8-14(22-5-1-4-19-22)15(23(26)27)7-10(13)16(24)21-25/h1-8,20,25H,(H,21,24). The molecule has 0 bridgehead atoms. The summed E-state index contributed by atoms with van der Waals surface area (Å²) in [7, 11) is 0. The van der Waals surface area contributed by atoms with Crippen molar-refractivity contribution in [2.45, 2.75) is 0 Å². The predicted molar refractivity (Wildman–Crippen MR) is 107 cm³/mol. The Balaban J connectivity index is 2.19. The fourth-order valence-electron chi connectivity index (χ4n) is 2.41. The van der Waals surface area contributed by atoms with Gasteiger partial charge in [-0.1, -0.05) is 11.6 Å². The maximum atomic E-state index is 12.1. The van der Waals surface area contributed by atoms with E-state index >= 15 is 0 Å². The fourth-order valence-corrected chi connectivity index (χ4v) is 3.31. The summed E-state index contributed by atoms with van der Waals surface area (Å²) in [6.45, 7) is 0. The molecule has 138 valence electrons. The minimum atomic E-state index is -0.908. The smallest absolute Gasteiger partial charge is 0.295 e. The molecule has 0 unspecified atom stereocenters. The Hall–Kier alpha value is -2.70. The average Bonchev–Trinajstić information content (AvgIpc) is 3.17. The minimum Gasteiger partial charge on any atom is -0.354 e. The molecule has 3 rings (SSSR count). The molecular formula is C16H11ClIN5O4. The molecule has 1 heterocycles. The van der Waals surface area contributed by atoms with Crippen molar-refractivity contribution in [2.24, 2.45) is 0 Å². The van der Waals surface area contributed by atoms with Gasteiger partial charge in [0.2, 0.25) is 0 Å². The Morgan fingerprint density at radius 2 is 2.07 bits per heavy atom. The summed E-state index contributed by atoms with van der Waals surface area (Å²) in [5.74, 6) is -0.908. The number of rotatable bonds is 5. The molecule has 1 amide bonds. The first kappa shape index (κ1) is 19.1.